The van der Waals surface area contributed by atoms with Crippen molar-refractivity contribution in [2.45, 2.75) is 18.2 Å². The molecule has 6 heteroatoms. The van der Waals surface area contributed by atoms with E-state index < -0.39 is 27.5 Å². The first-order chi connectivity index (χ1) is 9.36. The topological polar surface area (TPSA) is 91.7 Å². The van der Waals surface area contributed by atoms with Gasteiger partial charge in [-0.3, -0.25) is 4.79 Å². The molecule has 2 N–H and O–H groups in total. The van der Waals surface area contributed by atoms with E-state index in [1.165, 1.54) is 19.1 Å². The predicted molar refractivity (Wildman–Crippen MR) is 73.9 cm³/mol. The van der Waals surface area contributed by atoms with Crippen molar-refractivity contribution in [3.8, 4) is 11.8 Å². The van der Waals surface area contributed by atoms with Gasteiger partial charge in [0, 0.05) is 12.0 Å². The quantitative estimate of drug-likeness (QED) is 0.788. The van der Waals surface area contributed by atoms with E-state index in [0.717, 1.165) is 0 Å². The van der Waals surface area contributed by atoms with Crippen LogP contribution in [-0.4, -0.2) is 37.0 Å². The van der Waals surface area contributed by atoms with Crippen LogP contribution in [0.4, 0.5) is 0 Å². The Morgan fingerprint density at radius 2 is 1.90 bits per heavy atom. The van der Waals surface area contributed by atoms with Crippen LogP contribution in [0.2, 0.25) is 0 Å². The van der Waals surface area contributed by atoms with Crippen LogP contribution in [0.15, 0.2) is 29.2 Å². The maximum atomic E-state index is 12.0. The third-order valence-electron chi connectivity index (χ3n) is 2.57. The largest absolute Gasteiger partial charge is 0.481 e. The molecule has 1 aromatic rings. The summed E-state index contributed by atoms with van der Waals surface area (Å²) in [5.41, 5.74) is 0.642. The van der Waals surface area contributed by atoms with E-state index in [-0.39, 0.29) is 11.5 Å². The van der Waals surface area contributed by atoms with Crippen molar-refractivity contribution in [2.24, 2.45) is 5.92 Å². The van der Waals surface area contributed by atoms with Crippen molar-refractivity contribution in [3.05, 3.63) is 29.8 Å². The first-order valence-corrected chi connectivity index (χ1v) is 7.67. The van der Waals surface area contributed by atoms with Gasteiger partial charge in [0.15, 0.2) is 9.84 Å². The minimum absolute atomic E-state index is 0.0213. The van der Waals surface area contributed by atoms with Crippen LogP contribution in [0.1, 0.15) is 18.9 Å². The molecule has 0 amide bonds. The van der Waals surface area contributed by atoms with Crippen LogP contribution >= 0.6 is 0 Å². The first-order valence-electron chi connectivity index (χ1n) is 6.02. The zero-order chi connectivity index (χ0) is 15.2. The van der Waals surface area contributed by atoms with Gasteiger partial charge in [0.05, 0.1) is 23.2 Å². The highest BCUT2D eigenvalue weighted by Crippen LogP contribution is 2.15. The number of hydrogen-bond donors (Lipinski definition) is 2. The van der Waals surface area contributed by atoms with E-state index >= 15 is 0 Å². The van der Waals surface area contributed by atoms with E-state index in [4.69, 9.17) is 10.2 Å². The second-order valence-electron chi connectivity index (χ2n) is 4.32. The van der Waals surface area contributed by atoms with Crippen molar-refractivity contribution in [3.63, 3.8) is 0 Å². The van der Waals surface area contributed by atoms with Gasteiger partial charge in [0.2, 0.25) is 0 Å². The lowest BCUT2D eigenvalue weighted by atomic mass is 10.2. The lowest BCUT2D eigenvalue weighted by Crippen LogP contribution is -2.21. The SMILES string of the molecule is CC(CS(=O)(=O)c1ccc(C#CCCO)cc1)C(=O)O. The number of benzene rings is 1. The minimum Gasteiger partial charge on any atom is -0.481 e. The summed E-state index contributed by atoms with van der Waals surface area (Å²) in [6.07, 6.45) is 0.357. The summed E-state index contributed by atoms with van der Waals surface area (Å²) < 4.78 is 24.0. The van der Waals surface area contributed by atoms with Gasteiger partial charge in [0.25, 0.3) is 0 Å². The van der Waals surface area contributed by atoms with Crippen LogP contribution in [0.5, 0.6) is 0 Å². The van der Waals surface area contributed by atoms with Crippen LogP contribution in [0.25, 0.3) is 0 Å². The van der Waals surface area contributed by atoms with Crippen molar-refractivity contribution in [1.82, 2.24) is 0 Å². The zero-order valence-corrected chi connectivity index (χ0v) is 11.9. The van der Waals surface area contributed by atoms with E-state index in [0.29, 0.717) is 12.0 Å². The lowest BCUT2D eigenvalue weighted by Gasteiger charge is -2.07. The van der Waals surface area contributed by atoms with Gasteiger partial charge in [-0.2, -0.15) is 0 Å². The molecule has 1 rings (SSSR count). The van der Waals surface area contributed by atoms with Gasteiger partial charge in [-0.15, -0.1) is 0 Å². The third kappa shape index (κ3) is 4.68. The van der Waals surface area contributed by atoms with Crippen LogP contribution < -0.4 is 0 Å². The number of aliphatic hydroxyl groups is 1. The van der Waals surface area contributed by atoms with Gasteiger partial charge >= 0.3 is 5.97 Å². The smallest absolute Gasteiger partial charge is 0.307 e. The molecule has 1 atom stereocenters. The number of hydrogen-bond acceptors (Lipinski definition) is 4. The molecule has 1 unspecified atom stereocenters. The predicted octanol–water partition coefficient (Wildman–Crippen LogP) is 0.915. The van der Waals surface area contributed by atoms with Gasteiger partial charge in [-0.1, -0.05) is 18.8 Å². The molecule has 0 bridgehead atoms. The molecule has 1 aromatic carbocycles. The summed E-state index contributed by atoms with van der Waals surface area (Å²) in [6, 6.07) is 5.94. The highest BCUT2D eigenvalue weighted by atomic mass is 32.2. The molecule has 0 saturated carbocycles. The van der Waals surface area contributed by atoms with Crippen molar-refractivity contribution in [2.75, 3.05) is 12.4 Å². The number of aliphatic carboxylic acids is 1. The second-order valence-corrected chi connectivity index (χ2v) is 6.35. The molecule has 0 radical (unpaired) electrons. The minimum atomic E-state index is -3.62. The van der Waals surface area contributed by atoms with Crippen molar-refractivity contribution < 1.29 is 23.4 Å². The molecule has 0 aromatic heterocycles. The molecule has 0 spiro atoms. The summed E-state index contributed by atoms with van der Waals surface area (Å²) in [6.45, 7) is 1.33. The Kier molecular flexibility index (Phi) is 5.74. The lowest BCUT2D eigenvalue weighted by molar-refractivity contribution is -0.140. The fraction of sp³-hybridized carbons (Fsp3) is 0.357. The average Bonchev–Trinajstić information content (AvgIpc) is 2.39. The second kappa shape index (κ2) is 7.08. The molecule has 0 saturated heterocycles. The molecule has 5 nitrogen and oxygen atoms in total. The summed E-state index contributed by atoms with van der Waals surface area (Å²) in [4.78, 5) is 10.8. The van der Waals surface area contributed by atoms with Crippen LogP contribution in [-0.2, 0) is 14.6 Å². The molecular formula is C14H16O5S. The normalized spacial score (nSPS) is 12.3. The third-order valence-corrected chi connectivity index (χ3v) is 4.50. The maximum Gasteiger partial charge on any atom is 0.307 e. The van der Waals surface area contributed by atoms with E-state index in [1.54, 1.807) is 12.1 Å². The number of aliphatic hydroxyl groups excluding tert-OH is 1. The monoisotopic (exact) mass is 296 g/mol. The Balaban J connectivity index is 2.88. The summed E-state index contributed by atoms with van der Waals surface area (Å²) >= 11 is 0. The highest BCUT2D eigenvalue weighted by Gasteiger charge is 2.22. The summed E-state index contributed by atoms with van der Waals surface area (Å²) in [5, 5.41) is 17.3. The Labute approximate surface area is 118 Å². The number of carboxylic acids is 1. The van der Waals surface area contributed by atoms with Gasteiger partial charge in [-0.05, 0) is 24.3 Å². The highest BCUT2D eigenvalue weighted by molar-refractivity contribution is 7.91. The van der Waals surface area contributed by atoms with Gasteiger partial charge < -0.3 is 10.2 Å². The number of rotatable bonds is 5. The molecule has 0 aliphatic heterocycles. The number of sulfone groups is 1. The molecule has 108 valence electrons. The Hall–Kier alpha value is -1.84. The van der Waals surface area contributed by atoms with Gasteiger partial charge in [0.1, 0.15) is 0 Å². The molecular weight excluding hydrogens is 280 g/mol. The summed E-state index contributed by atoms with van der Waals surface area (Å²) in [7, 11) is -3.62. The number of carboxylic acid groups (broad SMARTS) is 1. The fourth-order valence-corrected chi connectivity index (χ4v) is 3.01. The van der Waals surface area contributed by atoms with E-state index in [1.807, 2.05) is 0 Å². The average molecular weight is 296 g/mol. The summed E-state index contributed by atoms with van der Waals surface area (Å²) in [5.74, 6) is 2.99. The van der Waals surface area contributed by atoms with E-state index in [9.17, 15) is 13.2 Å². The number of carbonyl (C=O) groups is 1. The Bertz CT molecular complexity index is 620. The molecule has 20 heavy (non-hydrogen) atoms. The first kappa shape index (κ1) is 16.2. The molecule has 0 fully saturated rings. The van der Waals surface area contributed by atoms with Crippen LogP contribution in [0, 0.1) is 17.8 Å². The van der Waals surface area contributed by atoms with Gasteiger partial charge in [-0.25, -0.2) is 8.42 Å². The molecule has 0 heterocycles. The maximum absolute atomic E-state index is 12.0. The van der Waals surface area contributed by atoms with Crippen LogP contribution in [0.3, 0.4) is 0 Å². The van der Waals surface area contributed by atoms with Crippen molar-refractivity contribution >= 4 is 15.8 Å². The standard InChI is InChI=1S/C14H16O5S/c1-11(14(16)17)10-20(18,19)13-7-5-12(6-8-13)4-2-3-9-15/h5-8,11,15H,3,9-10H2,1H3,(H,16,17). The Morgan fingerprint density at radius 1 is 1.30 bits per heavy atom. The molecule has 0 aliphatic carbocycles. The van der Waals surface area contributed by atoms with E-state index in [2.05, 4.69) is 11.8 Å². The zero-order valence-electron chi connectivity index (χ0n) is 11.0. The van der Waals surface area contributed by atoms with Crippen molar-refractivity contribution in [1.29, 1.82) is 0 Å². The molecule has 0 aliphatic rings. The fourth-order valence-electron chi connectivity index (χ4n) is 1.46. The Morgan fingerprint density at radius 3 is 2.40 bits per heavy atom.